The predicted octanol–water partition coefficient (Wildman–Crippen LogP) is -0.967. The van der Waals surface area contributed by atoms with Gasteiger partial charge in [0.15, 0.2) is 0 Å². The minimum atomic E-state index is -0.722. The van der Waals surface area contributed by atoms with Crippen LogP contribution in [0.15, 0.2) is 0 Å². The maximum absolute atomic E-state index is 10.2. The van der Waals surface area contributed by atoms with Crippen LogP contribution < -0.4 is 5.73 Å². The Bertz CT molecular complexity index is 99.5. The number of esters is 1. The first-order valence-corrected chi connectivity index (χ1v) is 2.08. The summed E-state index contributed by atoms with van der Waals surface area (Å²) in [5.74, 6) is -0.708. The first-order valence-electron chi connectivity index (χ1n) is 2.08. The first kappa shape index (κ1) is 7.10. The van der Waals surface area contributed by atoms with E-state index < -0.39 is 12.0 Å². The zero-order valence-corrected chi connectivity index (χ0v) is 4.46. The van der Waals surface area contributed by atoms with Crippen LogP contribution in [0.1, 0.15) is 6.92 Å². The van der Waals surface area contributed by atoms with Crippen molar-refractivity contribution in [3.63, 3.8) is 0 Å². The molecule has 0 saturated carbocycles. The van der Waals surface area contributed by atoms with Crippen molar-refractivity contribution in [2.24, 2.45) is 5.73 Å². The van der Waals surface area contributed by atoms with Gasteiger partial charge in [-0.05, 0) is 6.92 Å². The molecule has 46 valence electrons. The molecule has 1 atom stereocenters. The minimum Gasteiger partial charge on any atom is -0.394 e. The van der Waals surface area contributed by atoms with Gasteiger partial charge in [-0.3, -0.25) is 4.79 Å². The SMILES string of the molecule is C[C@H](N)C(=O)OC=O. The lowest BCUT2D eigenvalue weighted by Crippen LogP contribution is -2.28. The molecule has 0 heterocycles. The number of hydrogen-bond acceptors (Lipinski definition) is 4. The summed E-state index contributed by atoms with van der Waals surface area (Å²) in [4.78, 5) is 19.6. The Morgan fingerprint density at radius 1 is 1.88 bits per heavy atom. The van der Waals surface area contributed by atoms with Gasteiger partial charge in [-0.25, -0.2) is 4.79 Å². The summed E-state index contributed by atoms with van der Waals surface area (Å²) in [6.45, 7) is 1.50. The first-order chi connectivity index (χ1) is 3.68. The van der Waals surface area contributed by atoms with E-state index in [0.29, 0.717) is 0 Å². The summed E-state index contributed by atoms with van der Waals surface area (Å²) in [7, 11) is 0. The molecule has 0 aliphatic rings. The van der Waals surface area contributed by atoms with E-state index >= 15 is 0 Å². The van der Waals surface area contributed by atoms with Crippen molar-refractivity contribution >= 4 is 12.4 Å². The van der Waals surface area contributed by atoms with Gasteiger partial charge in [0.2, 0.25) is 0 Å². The minimum absolute atomic E-state index is 0.0612. The molecule has 2 N–H and O–H groups in total. The van der Waals surface area contributed by atoms with Gasteiger partial charge in [0.25, 0.3) is 0 Å². The van der Waals surface area contributed by atoms with Crippen LogP contribution in [0, 0.1) is 0 Å². The van der Waals surface area contributed by atoms with Gasteiger partial charge < -0.3 is 10.5 Å². The van der Waals surface area contributed by atoms with E-state index in [1.165, 1.54) is 6.92 Å². The fourth-order valence-electron chi connectivity index (χ4n) is 0.155. The van der Waals surface area contributed by atoms with Gasteiger partial charge in [0.1, 0.15) is 6.04 Å². The van der Waals surface area contributed by atoms with Crippen molar-refractivity contribution < 1.29 is 14.3 Å². The summed E-state index contributed by atoms with van der Waals surface area (Å²) in [5, 5.41) is 0. The van der Waals surface area contributed by atoms with Crippen molar-refractivity contribution in [2.45, 2.75) is 13.0 Å². The molecule has 0 aromatic carbocycles. The van der Waals surface area contributed by atoms with E-state index in [2.05, 4.69) is 4.74 Å². The highest BCUT2D eigenvalue weighted by Gasteiger charge is 2.06. The summed E-state index contributed by atoms with van der Waals surface area (Å²) in [6, 6.07) is -0.722. The molecule has 4 heteroatoms. The Morgan fingerprint density at radius 2 is 2.38 bits per heavy atom. The van der Waals surface area contributed by atoms with Crippen LogP contribution in [0.4, 0.5) is 0 Å². The molecule has 0 amide bonds. The van der Waals surface area contributed by atoms with Crippen molar-refractivity contribution in [1.29, 1.82) is 0 Å². The highest BCUT2D eigenvalue weighted by atomic mass is 16.6. The van der Waals surface area contributed by atoms with Gasteiger partial charge in [-0.2, -0.15) is 0 Å². The topological polar surface area (TPSA) is 69.4 Å². The Labute approximate surface area is 46.6 Å². The second kappa shape index (κ2) is 3.15. The quantitative estimate of drug-likeness (QED) is 0.287. The van der Waals surface area contributed by atoms with Crippen LogP contribution in [0.2, 0.25) is 0 Å². The monoisotopic (exact) mass is 117 g/mol. The van der Waals surface area contributed by atoms with Gasteiger partial charge >= 0.3 is 12.4 Å². The molecular formula is C4H7NO3. The second-order valence-electron chi connectivity index (χ2n) is 1.32. The van der Waals surface area contributed by atoms with Crippen LogP contribution in [0.3, 0.4) is 0 Å². The fraction of sp³-hybridized carbons (Fsp3) is 0.500. The molecule has 8 heavy (non-hydrogen) atoms. The highest BCUT2D eigenvalue weighted by Crippen LogP contribution is 1.77. The molecule has 0 bridgehead atoms. The molecule has 0 aromatic rings. The Hall–Kier alpha value is -0.900. The molecule has 0 saturated heterocycles. The molecule has 0 radical (unpaired) electrons. The Kier molecular flexibility index (Phi) is 2.79. The molecule has 0 aromatic heterocycles. The van der Waals surface area contributed by atoms with E-state index in [0.717, 1.165) is 0 Å². The van der Waals surface area contributed by atoms with E-state index in [1.54, 1.807) is 0 Å². The number of rotatable bonds is 2. The van der Waals surface area contributed by atoms with Crippen molar-refractivity contribution in [1.82, 2.24) is 0 Å². The molecule has 0 unspecified atom stereocenters. The summed E-state index contributed by atoms with van der Waals surface area (Å²) >= 11 is 0. The number of carbonyl (C=O) groups is 2. The molecule has 0 aliphatic heterocycles. The highest BCUT2D eigenvalue weighted by molar-refractivity contribution is 5.80. The summed E-state index contributed by atoms with van der Waals surface area (Å²) in [6.07, 6.45) is 0. The fourth-order valence-corrected chi connectivity index (χ4v) is 0.155. The van der Waals surface area contributed by atoms with Crippen molar-refractivity contribution in [3.05, 3.63) is 0 Å². The predicted molar refractivity (Wildman–Crippen MR) is 25.8 cm³/mol. The molecule has 0 rings (SSSR count). The molecular weight excluding hydrogens is 110 g/mol. The van der Waals surface area contributed by atoms with E-state index in [9.17, 15) is 9.59 Å². The second-order valence-corrected chi connectivity index (χ2v) is 1.32. The average molecular weight is 117 g/mol. The maximum atomic E-state index is 10.2. The van der Waals surface area contributed by atoms with Crippen LogP contribution in [0.5, 0.6) is 0 Å². The molecule has 0 spiro atoms. The van der Waals surface area contributed by atoms with Crippen LogP contribution in [-0.4, -0.2) is 18.5 Å². The largest absolute Gasteiger partial charge is 0.394 e. The van der Waals surface area contributed by atoms with Crippen LogP contribution >= 0.6 is 0 Å². The number of hydrogen-bond donors (Lipinski definition) is 1. The number of nitrogens with two attached hydrogens (primary N) is 1. The van der Waals surface area contributed by atoms with Crippen molar-refractivity contribution in [2.75, 3.05) is 0 Å². The smallest absolute Gasteiger partial charge is 0.330 e. The average Bonchev–Trinajstić information content (AvgIpc) is 1.67. The molecule has 4 nitrogen and oxygen atoms in total. The van der Waals surface area contributed by atoms with Crippen LogP contribution in [0.25, 0.3) is 0 Å². The maximum Gasteiger partial charge on any atom is 0.330 e. The lowest BCUT2D eigenvalue weighted by Gasteiger charge is -1.96. The zero-order valence-electron chi connectivity index (χ0n) is 4.46. The lowest BCUT2D eigenvalue weighted by atomic mass is 10.4. The molecule has 0 fully saturated rings. The Morgan fingerprint density at radius 3 is 2.50 bits per heavy atom. The third kappa shape index (κ3) is 2.30. The summed E-state index contributed by atoms with van der Waals surface area (Å²) < 4.78 is 3.86. The van der Waals surface area contributed by atoms with Gasteiger partial charge in [-0.15, -0.1) is 0 Å². The van der Waals surface area contributed by atoms with E-state index in [1.807, 2.05) is 0 Å². The third-order valence-corrected chi connectivity index (χ3v) is 0.536. The molecule has 0 aliphatic carbocycles. The zero-order chi connectivity index (χ0) is 6.57. The number of ether oxygens (including phenoxy) is 1. The van der Waals surface area contributed by atoms with E-state index in [4.69, 9.17) is 5.73 Å². The summed E-state index contributed by atoms with van der Waals surface area (Å²) in [5.41, 5.74) is 4.99. The van der Waals surface area contributed by atoms with E-state index in [-0.39, 0.29) is 6.47 Å². The van der Waals surface area contributed by atoms with Crippen molar-refractivity contribution in [3.8, 4) is 0 Å². The third-order valence-electron chi connectivity index (χ3n) is 0.536. The van der Waals surface area contributed by atoms with Gasteiger partial charge in [-0.1, -0.05) is 0 Å². The standard InChI is InChI=1S/C4H7NO3/c1-3(5)4(7)8-2-6/h2-3H,5H2,1H3/t3-/m0/s1. The van der Waals surface area contributed by atoms with Crippen LogP contribution in [-0.2, 0) is 14.3 Å². The Balaban J connectivity index is 3.48. The lowest BCUT2D eigenvalue weighted by molar-refractivity contribution is -0.152. The van der Waals surface area contributed by atoms with Gasteiger partial charge in [0, 0.05) is 0 Å². The van der Waals surface area contributed by atoms with Gasteiger partial charge in [0.05, 0.1) is 0 Å². The normalized spacial score (nSPS) is 12.2. The number of carbonyl (C=O) groups excluding carboxylic acids is 2.